The Labute approximate surface area is 186 Å². The second kappa shape index (κ2) is 8.81. The number of aromatic carboxylic acids is 1. The highest BCUT2D eigenvalue weighted by Crippen LogP contribution is 2.38. The van der Waals surface area contributed by atoms with Crippen LogP contribution >= 0.6 is 0 Å². The van der Waals surface area contributed by atoms with Crippen LogP contribution in [0.2, 0.25) is 0 Å². The summed E-state index contributed by atoms with van der Waals surface area (Å²) in [5, 5.41) is 15.3. The number of benzene rings is 3. The molecule has 4 aromatic rings. The van der Waals surface area contributed by atoms with Crippen LogP contribution in [0.5, 0.6) is 0 Å². The van der Waals surface area contributed by atoms with Gasteiger partial charge in [0, 0.05) is 29.7 Å². The number of nitrogens with one attached hydrogen (secondary N) is 2. The van der Waals surface area contributed by atoms with Gasteiger partial charge in [-0.1, -0.05) is 54.6 Å². The molecule has 0 radical (unpaired) electrons. The van der Waals surface area contributed by atoms with Gasteiger partial charge in [0.1, 0.15) is 0 Å². The molecule has 0 saturated heterocycles. The minimum absolute atomic E-state index is 0.111. The Balaban J connectivity index is 1.87. The first-order chi connectivity index (χ1) is 15.5. The van der Waals surface area contributed by atoms with Gasteiger partial charge in [0.2, 0.25) is 0 Å². The number of para-hydroxylation sites is 1. The summed E-state index contributed by atoms with van der Waals surface area (Å²) in [4.78, 5) is 24.7. The van der Waals surface area contributed by atoms with E-state index < -0.39 is 5.97 Å². The van der Waals surface area contributed by atoms with Crippen LogP contribution in [0.1, 0.15) is 26.4 Å². The number of hydrogen-bond acceptors (Lipinski definition) is 3. The molecule has 0 aliphatic carbocycles. The first-order valence-electron chi connectivity index (χ1n) is 10.2. The van der Waals surface area contributed by atoms with Gasteiger partial charge >= 0.3 is 5.97 Å². The molecule has 6 heteroatoms. The zero-order valence-electron chi connectivity index (χ0n) is 17.8. The summed E-state index contributed by atoms with van der Waals surface area (Å²) in [7, 11) is 1.79. The van der Waals surface area contributed by atoms with E-state index in [1.807, 2.05) is 67.6 Å². The van der Waals surface area contributed by atoms with E-state index in [1.165, 1.54) is 12.1 Å². The first-order valence-corrected chi connectivity index (χ1v) is 10.2. The molecule has 32 heavy (non-hydrogen) atoms. The first kappa shape index (κ1) is 20.9. The van der Waals surface area contributed by atoms with Crippen LogP contribution in [0.4, 0.5) is 11.4 Å². The number of nitrogens with zero attached hydrogens (tertiary/aromatic N) is 1. The van der Waals surface area contributed by atoms with E-state index in [-0.39, 0.29) is 11.5 Å². The van der Waals surface area contributed by atoms with Crippen LogP contribution in [0.25, 0.3) is 16.9 Å². The standard InChI is InChI=1S/C26H23N3O3/c1-17-22(25(30)28-20-13-9-12-19(16-20)26(31)32)23(27-2)24(18-10-5-3-6-11-18)29(17)21-14-7-4-8-15-21/h3-16,27H,1-2H3,(H,28,30)(H,31,32). The molecule has 6 nitrogen and oxygen atoms in total. The van der Waals surface area contributed by atoms with Crippen molar-refractivity contribution in [1.82, 2.24) is 4.57 Å². The number of carbonyl (C=O) groups is 2. The summed E-state index contributed by atoms with van der Waals surface area (Å²) in [6, 6.07) is 26.0. The minimum Gasteiger partial charge on any atom is -0.478 e. The Morgan fingerprint density at radius 1 is 0.875 bits per heavy atom. The van der Waals surface area contributed by atoms with Gasteiger partial charge in [0.15, 0.2) is 0 Å². The lowest BCUT2D eigenvalue weighted by Gasteiger charge is -2.13. The van der Waals surface area contributed by atoms with E-state index in [2.05, 4.69) is 15.2 Å². The van der Waals surface area contributed by atoms with Gasteiger partial charge in [-0.25, -0.2) is 4.79 Å². The molecular weight excluding hydrogens is 402 g/mol. The summed E-state index contributed by atoms with van der Waals surface area (Å²) in [6.45, 7) is 1.91. The molecule has 0 bridgehead atoms. The summed E-state index contributed by atoms with van der Waals surface area (Å²) >= 11 is 0. The van der Waals surface area contributed by atoms with Crippen LogP contribution in [0, 0.1) is 6.92 Å². The van der Waals surface area contributed by atoms with E-state index in [0.717, 1.165) is 22.6 Å². The maximum absolute atomic E-state index is 13.4. The molecule has 1 heterocycles. The van der Waals surface area contributed by atoms with Crippen molar-refractivity contribution in [3.63, 3.8) is 0 Å². The summed E-state index contributed by atoms with van der Waals surface area (Å²) in [6.07, 6.45) is 0. The monoisotopic (exact) mass is 425 g/mol. The molecular formula is C26H23N3O3. The number of carbonyl (C=O) groups excluding carboxylic acids is 1. The van der Waals surface area contributed by atoms with Crippen LogP contribution < -0.4 is 10.6 Å². The molecule has 0 fully saturated rings. The van der Waals surface area contributed by atoms with E-state index in [0.29, 0.717) is 16.9 Å². The fraction of sp³-hybridized carbons (Fsp3) is 0.0769. The zero-order chi connectivity index (χ0) is 22.7. The Kier molecular flexibility index (Phi) is 5.77. The molecule has 1 amide bonds. The predicted octanol–water partition coefficient (Wildman–Crippen LogP) is 5.44. The molecule has 0 atom stereocenters. The van der Waals surface area contributed by atoms with Gasteiger partial charge in [-0.2, -0.15) is 0 Å². The SMILES string of the molecule is CNc1c(C(=O)Nc2cccc(C(=O)O)c2)c(C)n(-c2ccccc2)c1-c1ccccc1. The van der Waals surface area contributed by atoms with Crippen LogP contribution in [-0.2, 0) is 0 Å². The van der Waals surface area contributed by atoms with Crippen molar-refractivity contribution >= 4 is 23.3 Å². The second-order valence-electron chi connectivity index (χ2n) is 7.31. The third kappa shape index (κ3) is 3.86. The van der Waals surface area contributed by atoms with E-state index >= 15 is 0 Å². The second-order valence-corrected chi connectivity index (χ2v) is 7.31. The lowest BCUT2D eigenvalue weighted by Crippen LogP contribution is -2.15. The Morgan fingerprint density at radius 3 is 2.16 bits per heavy atom. The topological polar surface area (TPSA) is 83.4 Å². The lowest BCUT2D eigenvalue weighted by atomic mass is 10.1. The van der Waals surface area contributed by atoms with Gasteiger partial charge in [0.05, 0.1) is 22.5 Å². The van der Waals surface area contributed by atoms with Crippen molar-refractivity contribution in [2.75, 3.05) is 17.7 Å². The average Bonchev–Trinajstić information content (AvgIpc) is 3.12. The largest absolute Gasteiger partial charge is 0.478 e. The van der Waals surface area contributed by atoms with E-state index in [9.17, 15) is 14.7 Å². The summed E-state index contributed by atoms with van der Waals surface area (Å²) in [5.41, 5.74) is 5.28. The predicted molar refractivity (Wildman–Crippen MR) is 127 cm³/mol. The van der Waals surface area contributed by atoms with Crippen molar-refractivity contribution < 1.29 is 14.7 Å². The molecule has 4 rings (SSSR count). The fourth-order valence-corrected chi connectivity index (χ4v) is 3.90. The van der Waals surface area contributed by atoms with Crippen molar-refractivity contribution in [3.05, 3.63) is 102 Å². The maximum Gasteiger partial charge on any atom is 0.335 e. The molecule has 0 unspecified atom stereocenters. The molecule has 3 aromatic carbocycles. The molecule has 160 valence electrons. The third-order valence-electron chi connectivity index (χ3n) is 5.31. The molecule has 0 saturated carbocycles. The summed E-state index contributed by atoms with van der Waals surface area (Å²) in [5.74, 6) is -1.36. The van der Waals surface area contributed by atoms with Crippen molar-refractivity contribution in [2.24, 2.45) is 0 Å². The average molecular weight is 425 g/mol. The number of aromatic nitrogens is 1. The van der Waals surface area contributed by atoms with Gasteiger partial charge < -0.3 is 20.3 Å². The smallest absolute Gasteiger partial charge is 0.335 e. The minimum atomic E-state index is -1.05. The Bertz CT molecular complexity index is 1280. The van der Waals surface area contributed by atoms with E-state index in [4.69, 9.17) is 0 Å². The highest BCUT2D eigenvalue weighted by atomic mass is 16.4. The number of hydrogen-bond donors (Lipinski definition) is 3. The quantitative estimate of drug-likeness (QED) is 0.384. The van der Waals surface area contributed by atoms with Crippen molar-refractivity contribution in [2.45, 2.75) is 6.92 Å². The van der Waals surface area contributed by atoms with E-state index in [1.54, 1.807) is 19.2 Å². The molecule has 1 aromatic heterocycles. The van der Waals surface area contributed by atoms with Crippen molar-refractivity contribution in [1.29, 1.82) is 0 Å². The molecule has 0 aliphatic rings. The number of carboxylic acid groups (broad SMARTS) is 1. The third-order valence-corrected chi connectivity index (χ3v) is 5.31. The number of amides is 1. The Morgan fingerprint density at radius 2 is 1.53 bits per heavy atom. The summed E-state index contributed by atoms with van der Waals surface area (Å²) < 4.78 is 2.06. The van der Waals surface area contributed by atoms with Crippen LogP contribution in [-0.4, -0.2) is 28.6 Å². The highest BCUT2D eigenvalue weighted by molar-refractivity contribution is 6.12. The Hall–Kier alpha value is -4.32. The maximum atomic E-state index is 13.4. The normalized spacial score (nSPS) is 10.6. The fourth-order valence-electron chi connectivity index (χ4n) is 3.90. The molecule has 0 aliphatic heterocycles. The highest BCUT2D eigenvalue weighted by Gasteiger charge is 2.26. The molecule has 3 N–H and O–H groups in total. The molecule has 0 spiro atoms. The number of anilines is 2. The van der Waals surface area contributed by atoms with Crippen LogP contribution in [0.3, 0.4) is 0 Å². The van der Waals surface area contributed by atoms with Gasteiger partial charge in [-0.15, -0.1) is 0 Å². The number of carboxylic acids is 1. The van der Waals surface area contributed by atoms with Gasteiger partial charge in [-0.05, 0) is 37.3 Å². The van der Waals surface area contributed by atoms with Gasteiger partial charge in [0.25, 0.3) is 5.91 Å². The van der Waals surface area contributed by atoms with Crippen molar-refractivity contribution in [3.8, 4) is 16.9 Å². The number of rotatable bonds is 6. The zero-order valence-corrected chi connectivity index (χ0v) is 17.8. The lowest BCUT2D eigenvalue weighted by molar-refractivity contribution is 0.0696. The van der Waals surface area contributed by atoms with Crippen LogP contribution in [0.15, 0.2) is 84.9 Å². The van der Waals surface area contributed by atoms with Gasteiger partial charge in [-0.3, -0.25) is 4.79 Å².